The van der Waals surface area contributed by atoms with Crippen molar-refractivity contribution in [3.05, 3.63) is 75.6 Å². The Hall–Kier alpha value is -2.78. The summed E-state index contributed by atoms with van der Waals surface area (Å²) in [5, 5.41) is 13.0. The summed E-state index contributed by atoms with van der Waals surface area (Å²) in [5.41, 5.74) is -2.23. The molecule has 0 aromatic heterocycles. The fourth-order valence-electron chi connectivity index (χ4n) is 3.48. The minimum atomic E-state index is -4.82. The maximum Gasteiger partial charge on any atom is 0.435 e. The van der Waals surface area contributed by atoms with Crippen LogP contribution in [0.15, 0.2) is 41.6 Å². The Morgan fingerprint density at radius 3 is 2.45 bits per heavy atom. The van der Waals surface area contributed by atoms with Crippen LogP contribution in [0.5, 0.6) is 0 Å². The second kappa shape index (κ2) is 9.23. The number of carboxylic acid groups (broad SMARTS) is 1. The Bertz CT molecular complexity index is 1140. The molecule has 2 amide bonds. The van der Waals surface area contributed by atoms with Gasteiger partial charge < -0.3 is 9.94 Å². The van der Waals surface area contributed by atoms with E-state index in [0.717, 1.165) is 6.07 Å². The Labute approximate surface area is 197 Å². The average Bonchev–Trinajstić information content (AvgIpc) is 3.20. The molecule has 0 saturated carbocycles. The van der Waals surface area contributed by atoms with E-state index in [4.69, 9.17) is 28.0 Å². The summed E-state index contributed by atoms with van der Waals surface area (Å²) in [5.74, 6) is -0.750. The van der Waals surface area contributed by atoms with Gasteiger partial charge in [-0.2, -0.15) is 13.2 Å². The zero-order valence-corrected chi connectivity index (χ0v) is 18.8. The largest absolute Gasteiger partial charge is 0.465 e. The molecule has 1 heterocycles. The van der Waals surface area contributed by atoms with Crippen molar-refractivity contribution in [1.29, 1.82) is 0 Å². The number of alkyl halides is 3. The normalized spacial score (nSPS) is 18.0. The molecule has 11 heteroatoms. The summed E-state index contributed by atoms with van der Waals surface area (Å²) >= 11 is 11.8. The van der Waals surface area contributed by atoms with Gasteiger partial charge in [0.05, 0.1) is 15.8 Å². The molecule has 1 atom stereocenters. The number of aryl methyl sites for hydroxylation is 1. The lowest BCUT2D eigenvalue weighted by atomic mass is 9.86. The quantitative estimate of drug-likeness (QED) is 0.526. The molecule has 0 bridgehead atoms. The van der Waals surface area contributed by atoms with Crippen molar-refractivity contribution in [3.63, 3.8) is 0 Å². The fourth-order valence-corrected chi connectivity index (χ4v) is 3.77. The molecule has 33 heavy (non-hydrogen) atoms. The second-order valence-corrected chi connectivity index (χ2v) is 8.20. The molecule has 175 valence electrons. The van der Waals surface area contributed by atoms with E-state index in [0.29, 0.717) is 16.0 Å². The molecule has 0 fully saturated rings. The first kappa shape index (κ1) is 24.9. The predicted octanol–water partition coefficient (Wildman–Crippen LogP) is 6.23. The molecular weight excluding hydrogens is 484 g/mol. The number of oxime groups is 1. The van der Waals surface area contributed by atoms with Gasteiger partial charge in [-0.05, 0) is 48.7 Å². The van der Waals surface area contributed by atoms with Crippen molar-refractivity contribution in [2.24, 2.45) is 5.16 Å². The number of imide groups is 1. The van der Waals surface area contributed by atoms with Gasteiger partial charge in [0, 0.05) is 24.1 Å². The van der Waals surface area contributed by atoms with E-state index in [2.05, 4.69) is 12.1 Å². The van der Waals surface area contributed by atoms with Crippen LogP contribution >= 0.6 is 23.2 Å². The zero-order valence-electron chi connectivity index (χ0n) is 17.2. The maximum absolute atomic E-state index is 14.1. The number of nitrogens with zero attached hydrogens (tertiary/aromatic N) is 2. The van der Waals surface area contributed by atoms with Crippen molar-refractivity contribution in [1.82, 2.24) is 4.90 Å². The summed E-state index contributed by atoms with van der Waals surface area (Å²) < 4.78 is 42.4. The Morgan fingerprint density at radius 1 is 1.21 bits per heavy atom. The predicted molar refractivity (Wildman–Crippen MR) is 117 cm³/mol. The van der Waals surface area contributed by atoms with Crippen LogP contribution in [0, 0.1) is 13.8 Å². The van der Waals surface area contributed by atoms with Gasteiger partial charge >= 0.3 is 12.3 Å². The number of benzene rings is 2. The molecule has 0 aliphatic carbocycles. The topological polar surface area (TPSA) is 79.2 Å². The van der Waals surface area contributed by atoms with Crippen LogP contribution in [0.4, 0.5) is 18.0 Å². The van der Waals surface area contributed by atoms with Gasteiger partial charge in [-0.3, -0.25) is 4.79 Å². The molecule has 1 aliphatic rings. The molecule has 1 aliphatic heterocycles. The molecule has 0 saturated heterocycles. The van der Waals surface area contributed by atoms with Gasteiger partial charge in [0.25, 0.3) is 11.5 Å². The van der Waals surface area contributed by atoms with Gasteiger partial charge in [0.2, 0.25) is 0 Å². The second-order valence-electron chi connectivity index (χ2n) is 7.38. The minimum absolute atomic E-state index is 0.00773. The van der Waals surface area contributed by atoms with Crippen molar-refractivity contribution < 1.29 is 32.7 Å². The van der Waals surface area contributed by atoms with Crippen molar-refractivity contribution in [2.45, 2.75) is 31.5 Å². The summed E-state index contributed by atoms with van der Waals surface area (Å²) in [4.78, 5) is 29.6. The standard InChI is InChI=1S/C22H18Cl2F3N2O4/c1-3-8-29(20(31)32)19(30)15-6-4-13(9-12(15)2)18-11-21(33-28-18,22(25,26)27)14-5-7-16(23)17(24)10-14/h4-7,9-10H,1,3,8,11H2,2H3,(H,31,32). The van der Waals surface area contributed by atoms with Gasteiger partial charge in [0.1, 0.15) is 0 Å². The fraction of sp³-hybridized carbons (Fsp3) is 0.273. The average molecular weight is 502 g/mol. The third kappa shape index (κ3) is 4.65. The lowest BCUT2D eigenvalue weighted by molar-refractivity contribution is -0.275. The molecule has 1 radical (unpaired) electrons. The van der Waals surface area contributed by atoms with Crippen LogP contribution in [0.25, 0.3) is 0 Å². The van der Waals surface area contributed by atoms with Crippen LogP contribution in [0.3, 0.4) is 0 Å². The Morgan fingerprint density at radius 2 is 1.91 bits per heavy atom. The minimum Gasteiger partial charge on any atom is -0.465 e. The van der Waals surface area contributed by atoms with Gasteiger partial charge in [-0.1, -0.05) is 47.4 Å². The van der Waals surface area contributed by atoms with Gasteiger partial charge in [-0.15, -0.1) is 0 Å². The molecule has 0 spiro atoms. The summed E-state index contributed by atoms with van der Waals surface area (Å²) in [6.45, 7) is 5.01. The monoisotopic (exact) mass is 501 g/mol. The molecule has 1 unspecified atom stereocenters. The number of rotatable bonds is 5. The molecule has 1 N–H and O–H groups in total. The smallest absolute Gasteiger partial charge is 0.435 e. The molecular formula is C22H18Cl2F3N2O4. The highest BCUT2D eigenvalue weighted by atomic mass is 35.5. The van der Waals surface area contributed by atoms with Crippen LogP contribution < -0.4 is 0 Å². The van der Waals surface area contributed by atoms with Gasteiger partial charge in [0.15, 0.2) is 0 Å². The van der Waals surface area contributed by atoms with E-state index in [1.807, 2.05) is 0 Å². The highest BCUT2D eigenvalue weighted by molar-refractivity contribution is 6.42. The number of carbonyl (C=O) groups is 2. The first-order chi connectivity index (χ1) is 15.4. The SMILES string of the molecule is [CH2]CCN(C(=O)O)C(=O)c1ccc(C2=NOC(c3ccc(Cl)c(Cl)c3)(C(F)(F)F)C2)cc1C. The highest BCUT2D eigenvalue weighted by Gasteiger charge is 2.62. The van der Waals surface area contributed by atoms with E-state index < -0.39 is 30.2 Å². The lowest BCUT2D eigenvalue weighted by Gasteiger charge is -2.29. The number of amides is 2. The van der Waals surface area contributed by atoms with Crippen molar-refractivity contribution in [3.8, 4) is 0 Å². The first-order valence-electron chi connectivity index (χ1n) is 9.63. The third-order valence-electron chi connectivity index (χ3n) is 5.22. The van der Waals surface area contributed by atoms with Crippen LogP contribution in [-0.2, 0) is 10.4 Å². The molecule has 6 nitrogen and oxygen atoms in total. The maximum atomic E-state index is 14.1. The van der Waals surface area contributed by atoms with E-state index >= 15 is 0 Å². The Balaban J connectivity index is 1.93. The van der Waals surface area contributed by atoms with Crippen LogP contribution in [0.2, 0.25) is 10.0 Å². The van der Waals surface area contributed by atoms with Crippen molar-refractivity contribution >= 4 is 40.9 Å². The van der Waals surface area contributed by atoms with E-state index in [-0.39, 0.29) is 39.8 Å². The first-order valence-corrected chi connectivity index (χ1v) is 10.4. The lowest BCUT2D eigenvalue weighted by Crippen LogP contribution is -2.42. The van der Waals surface area contributed by atoms with E-state index in [1.165, 1.54) is 30.3 Å². The van der Waals surface area contributed by atoms with Gasteiger partial charge in [-0.25, -0.2) is 9.69 Å². The molecule has 2 aromatic rings. The Kier molecular flexibility index (Phi) is 6.95. The number of carbonyl (C=O) groups excluding carboxylic acids is 1. The summed E-state index contributed by atoms with van der Waals surface area (Å²) in [6.07, 6.45) is -6.69. The number of hydrogen-bond acceptors (Lipinski definition) is 4. The van der Waals surface area contributed by atoms with E-state index in [9.17, 15) is 27.9 Å². The zero-order chi connectivity index (χ0) is 24.6. The van der Waals surface area contributed by atoms with E-state index in [1.54, 1.807) is 6.92 Å². The summed E-state index contributed by atoms with van der Waals surface area (Å²) in [6, 6.07) is 7.72. The third-order valence-corrected chi connectivity index (χ3v) is 5.96. The molecule has 2 aromatic carbocycles. The van der Waals surface area contributed by atoms with Crippen LogP contribution in [0.1, 0.15) is 39.9 Å². The van der Waals surface area contributed by atoms with Crippen molar-refractivity contribution in [2.75, 3.05) is 6.54 Å². The summed E-state index contributed by atoms with van der Waals surface area (Å²) in [7, 11) is 0. The van der Waals surface area contributed by atoms with Crippen LogP contribution in [-0.4, -0.2) is 40.4 Å². The number of hydrogen-bond donors (Lipinski definition) is 1. The molecule has 3 rings (SSSR count). The number of halogens is 5. The highest BCUT2D eigenvalue weighted by Crippen LogP contribution is 2.49.